The first-order valence-electron chi connectivity index (χ1n) is 2.55. The van der Waals surface area contributed by atoms with Crippen LogP contribution in [0.1, 0.15) is 12.8 Å². The Balaban J connectivity index is 2.14. The highest BCUT2D eigenvalue weighted by atomic mass is 16.8. The zero-order chi connectivity index (χ0) is 5.11. The van der Waals surface area contributed by atoms with E-state index in [0.717, 1.165) is 13.1 Å². The zero-order valence-electron chi connectivity index (χ0n) is 4.26. The van der Waals surface area contributed by atoms with Crippen molar-refractivity contribution in [2.45, 2.75) is 12.8 Å². The molecule has 7 heavy (non-hydrogen) atoms. The number of rotatable bonds is 1. The predicted molar refractivity (Wildman–Crippen MR) is 26.1 cm³/mol. The lowest BCUT2D eigenvalue weighted by Crippen LogP contribution is -2.23. The molecule has 0 aromatic heterocycles. The summed E-state index contributed by atoms with van der Waals surface area (Å²) in [7, 11) is 0. The fourth-order valence-corrected chi connectivity index (χ4v) is 0.794. The maximum atomic E-state index is 4.86. The van der Waals surface area contributed by atoms with Crippen molar-refractivity contribution in [2.24, 2.45) is 5.90 Å². The molecule has 0 radical (unpaired) electrons. The van der Waals surface area contributed by atoms with Crippen molar-refractivity contribution in [3.63, 3.8) is 0 Å². The molecule has 42 valence electrons. The van der Waals surface area contributed by atoms with Crippen LogP contribution in [0.4, 0.5) is 0 Å². The van der Waals surface area contributed by atoms with Gasteiger partial charge in [0.05, 0.1) is 0 Å². The van der Waals surface area contributed by atoms with Gasteiger partial charge in [-0.05, 0) is 12.8 Å². The van der Waals surface area contributed by atoms with Gasteiger partial charge in [0.1, 0.15) is 0 Å². The van der Waals surface area contributed by atoms with E-state index in [9.17, 15) is 0 Å². The molecule has 1 saturated heterocycles. The highest BCUT2D eigenvalue weighted by Crippen LogP contribution is 2.04. The van der Waals surface area contributed by atoms with Gasteiger partial charge in [0.25, 0.3) is 0 Å². The molecular weight excluding hydrogens is 92.1 g/mol. The summed E-state index contributed by atoms with van der Waals surface area (Å²) >= 11 is 0. The second kappa shape index (κ2) is 2.26. The van der Waals surface area contributed by atoms with Gasteiger partial charge in [-0.1, -0.05) is 0 Å². The van der Waals surface area contributed by atoms with Gasteiger partial charge in [-0.15, -0.1) is 0 Å². The Morgan fingerprint density at radius 2 is 1.86 bits per heavy atom. The third-order valence-corrected chi connectivity index (χ3v) is 1.21. The zero-order valence-corrected chi connectivity index (χ0v) is 4.26. The summed E-state index contributed by atoms with van der Waals surface area (Å²) in [5.74, 6) is 4.86. The molecule has 1 heterocycles. The van der Waals surface area contributed by atoms with E-state index < -0.39 is 0 Å². The molecule has 1 aliphatic heterocycles. The minimum absolute atomic E-state index is 0.997. The molecule has 0 atom stereocenters. The predicted octanol–water partition coefficient (Wildman–Crippen LogP) is -0.113. The lowest BCUT2D eigenvalue weighted by molar-refractivity contribution is -0.146. The van der Waals surface area contributed by atoms with Crippen molar-refractivity contribution in [1.29, 1.82) is 0 Å². The average molecular weight is 102 g/mol. The Bertz CT molecular complexity index is 51.7. The first kappa shape index (κ1) is 5.03. The van der Waals surface area contributed by atoms with Crippen LogP contribution in [0.15, 0.2) is 0 Å². The van der Waals surface area contributed by atoms with Gasteiger partial charge >= 0.3 is 0 Å². The molecule has 0 aliphatic carbocycles. The molecule has 2 N–H and O–H groups in total. The second-order valence-corrected chi connectivity index (χ2v) is 1.74. The van der Waals surface area contributed by atoms with E-state index in [1.807, 2.05) is 0 Å². The summed E-state index contributed by atoms with van der Waals surface area (Å²) in [6, 6.07) is 0. The summed E-state index contributed by atoms with van der Waals surface area (Å²) in [5.41, 5.74) is 0. The Labute approximate surface area is 42.9 Å². The van der Waals surface area contributed by atoms with E-state index >= 15 is 0 Å². The molecule has 3 nitrogen and oxygen atoms in total. The average Bonchev–Trinajstić information content (AvgIpc) is 2.14. The normalized spacial score (nSPS) is 23.6. The highest BCUT2D eigenvalue weighted by molar-refractivity contribution is 4.55. The minimum Gasteiger partial charge on any atom is -0.214 e. The fourth-order valence-electron chi connectivity index (χ4n) is 0.794. The summed E-state index contributed by atoms with van der Waals surface area (Å²) in [5, 5.41) is 1.76. The van der Waals surface area contributed by atoms with Crippen molar-refractivity contribution in [2.75, 3.05) is 13.1 Å². The SMILES string of the molecule is NON1CCCC1. The standard InChI is InChI=1S/C4H10N2O/c5-7-6-3-1-2-4-6/h1-5H2. The molecule has 3 heteroatoms. The lowest BCUT2D eigenvalue weighted by Gasteiger charge is -2.06. The molecule has 0 saturated carbocycles. The monoisotopic (exact) mass is 102 g/mol. The molecular formula is C4H10N2O. The van der Waals surface area contributed by atoms with Crippen LogP contribution in [0.3, 0.4) is 0 Å². The number of hydroxylamine groups is 2. The minimum atomic E-state index is 0.997. The molecule has 1 fully saturated rings. The maximum absolute atomic E-state index is 4.86. The Hall–Kier alpha value is -0.120. The number of hydrogen-bond acceptors (Lipinski definition) is 3. The third-order valence-electron chi connectivity index (χ3n) is 1.21. The van der Waals surface area contributed by atoms with Gasteiger partial charge in [-0.3, -0.25) is 0 Å². The van der Waals surface area contributed by atoms with Crippen LogP contribution in [0.25, 0.3) is 0 Å². The van der Waals surface area contributed by atoms with Gasteiger partial charge in [0.2, 0.25) is 0 Å². The van der Waals surface area contributed by atoms with E-state index in [1.165, 1.54) is 12.8 Å². The van der Waals surface area contributed by atoms with Crippen molar-refractivity contribution < 1.29 is 4.94 Å². The van der Waals surface area contributed by atoms with Crippen LogP contribution in [-0.2, 0) is 4.94 Å². The molecule has 0 amide bonds. The molecule has 0 spiro atoms. The van der Waals surface area contributed by atoms with Crippen LogP contribution >= 0.6 is 0 Å². The number of nitrogens with two attached hydrogens (primary N) is 1. The third kappa shape index (κ3) is 1.12. The Kier molecular flexibility index (Phi) is 1.62. The summed E-state index contributed by atoms with van der Waals surface area (Å²) < 4.78 is 0. The van der Waals surface area contributed by atoms with Crippen LogP contribution in [0.2, 0.25) is 0 Å². The number of hydrogen-bond donors (Lipinski definition) is 1. The van der Waals surface area contributed by atoms with Gasteiger partial charge in [0.15, 0.2) is 0 Å². The van der Waals surface area contributed by atoms with Crippen LogP contribution in [0, 0.1) is 0 Å². The van der Waals surface area contributed by atoms with Crippen molar-refractivity contribution in [3.05, 3.63) is 0 Å². The first-order valence-corrected chi connectivity index (χ1v) is 2.55. The second-order valence-electron chi connectivity index (χ2n) is 1.74. The van der Waals surface area contributed by atoms with Crippen molar-refractivity contribution in [3.8, 4) is 0 Å². The Morgan fingerprint density at radius 3 is 2.14 bits per heavy atom. The smallest absolute Gasteiger partial charge is 0.0260 e. The molecule has 0 bridgehead atoms. The van der Waals surface area contributed by atoms with Gasteiger partial charge in [0, 0.05) is 13.1 Å². The molecule has 1 rings (SSSR count). The molecule has 0 unspecified atom stereocenters. The van der Waals surface area contributed by atoms with Crippen LogP contribution < -0.4 is 5.90 Å². The maximum Gasteiger partial charge on any atom is 0.0260 e. The largest absolute Gasteiger partial charge is 0.214 e. The van der Waals surface area contributed by atoms with E-state index in [0.29, 0.717) is 0 Å². The van der Waals surface area contributed by atoms with Crippen LogP contribution in [-0.4, -0.2) is 18.2 Å². The summed E-state index contributed by atoms with van der Waals surface area (Å²) in [4.78, 5) is 4.44. The van der Waals surface area contributed by atoms with E-state index in [4.69, 9.17) is 5.90 Å². The van der Waals surface area contributed by atoms with E-state index in [2.05, 4.69) is 4.94 Å². The summed E-state index contributed by atoms with van der Waals surface area (Å²) in [6.07, 6.45) is 2.44. The van der Waals surface area contributed by atoms with Gasteiger partial charge in [-0.2, -0.15) is 11.0 Å². The van der Waals surface area contributed by atoms with Gasteiger partial charge < -0.3 is 0 Å². The topological polar surface area (TPSA) is 38.5 Å². The quantitative estimate of drug-likeness (QED) is 0.469. The van der Waals surface area contributed by atoms with Gasteiger partial charge in [-0.25, -0.2) is 4.94 Å². The Morgan fingerprint density at radius 1 is 1.29 bits per heavy atom. The molecule has 1 aliphatic rings. The fraction of sp³-hybridized carbons (Fsp3) is 1.00. The van der Waals surface area contributed by atoms with Crippen molar-refractivity contribution in [1.82, 2.24) is 5.06 Å². The first-order chi connectivity index (χ1) is 3.43. The van der Waals surface area contributed by atoms with E-state index in [1.54, 1.807) is 5.06 Å². The highest BCUT2D eigenvalue weighted by Gasteiger charge is 2.09. The van der Waals surface area contributed by atoms with Crippen LogP contribution in [0.5, 0.6) is 0 Å². The van der Waals surface area contributed by atoms with E-state index in [-0.39, 0.29) is 0 Å². The lowest BCUT2D eigenvalue weighted by atomic mass is 10.4. The summed E-state index contributed by atoms with van der Waals surface area (Å²) in [6.45, 7) is 1.99. The molecule has 0 aromatic rings. The molecule has 0 aromatic carbocycles. The van der Waals surface area contributed by atoms with Crippen molar-refractivity contribution >= 4 is 0 Å². The number of nitrogens with zero attached hydrogens (tertiary/aromatic N) is 1.